The molecule has 150 valence electrons. The van der Waals surface area contributed by atoms with Gasteiger partial charge in [0.05, 0.1) is 33.6 Å². The second kappa shape index (κ2) is 6.92. The van der Waals surface area contributed by atoms with Crippen LogP contribution < -0.4 is 15.9 Å². The molecule has 4 heterocycles. The van der Waals surface area contributed by atoms with Crippen molar-refractivity contribution in [2.24, 2.45) is 0 Å². The van der Waals surface area contributed by atoms with Crippen LogP contribution in [0.3, 0.4) is 0 Å². The molecule has 4 N–H and O–H groups in total. The third kappa shape index (κ3) is 3.26. The Balaban J connectivity index is 1.67. The lowest BCUT2D eigenvalue weighted by molar-refractivity contribution is 0.185. The Morgan fingerprint density at radius 1 is 1.24 bits per heavy atom. The predicted octanol–water partition coefficient (Wildman–Crippen LogP) is 2.83. The van der Waals surface area contributed by atoms with Gasteiger partial charge in [0.25, 0.3) is 0 Å². The van der Waals surface area contributed by atoms with E-state index in [1.165, 1.54) is 0 Å². The summed E-state index contributed by atoms with van der Waals surface area (Å²) < 4.78 is 13.7. The fraction of sp³-hybridized carbons (Fsp3) is 0.300. The van der Waals surface area contributed by atoms with Gasteiger partial charge >= 0.3 is 0 Å². The second-order valence-electron chi connectivity index (χ2n) is 7.76. The zero-order valence-electron chi connectivity index (χ0n) is 16.1. The molecule has 1 saturated heterocycles. The smallest absolute Gasteiger partial charge is 0.224 e. The first-order valence-electron chi connectivity index (χ1n) is 9.48. The maximum Gasteiger partial charge on any atom is 0.224 e. The van der Waals surface area contributed by atoms with Gasteiger partial charge in [0.1, 0.15) is 7.14 Å². The van der Waals surface area contributed by atoms with E-state index in [1.54, 1.807) is 24.7 Å². The third-order valence-corrected chi connectivity index (χ3v) is 7.77. The highest BCUT2D eigenvalue weighted by Gasteiger charge is 2.26. The number of fused-ring (bicyclic) bond motifs is 2. The van der Waals surface area contributed by atoms with Gasteiger partial charge in [0, 0.05) is 35.5 Å². The molecule has 0 amide bonds. The Morgan fingerprint density at radius 3 is 2.86 bits per heavy atom. The van der Waals surface area contributed by atoms with E-state index in [9.17, 15) is 9.67 Å². The number of para-hydroxylation sites is 1. The van der Waals surface area contributed by atoms with Crippen molar-refractivity contribution >= 4 is 50.9 Å². The van der Waals surface area contributed by atoms with Crippen LogP contribution in [0.1, 0.15) is 0 Å². The summed E-state index contributed by atoms with van der Waals surface area (Å²) in [5.41, 5.74) is 3.55. The predicted molar refractivity (Wildman–Crippen MR) is 120 cm³/mol. The Morgan fingerprint density at radius 2 is 2.10 bits per heavy atom. The fourth-order valence-corrected chi connectivity index (χ4v) is 5.87. The van der Waals surface area contributed by atoms with Crippen molar-refractivity contribution < 1.29 is 9.67 Å². The van der Waals surface area contributed by atoms with Crippen LogP contribution in [0.5, 0.6) is 0 Å². The lowest BCUT2D eigenvalue weighted by Crippen LogP contribution is -2.32. The van der Waals surface area contributed by atoms with Gasteiger partial charge in [-0.05, 0) is 30.8 Å². The first-order valence-corrected chi connectivity index (χ1v) is 13.0. The highest BCUT2D eigenvalue weighted by atomic mass is 32.1. The minimum atomic E-state index is -2.42. The first kappa shape index (κ1) is 18.8. The average Bonchev–Trinajstić information content (AvgIpc) is 3.40. The van der Waals surface area contributed by atoms with E-state index in [2.05, 4.69) is 20.6 Å². The molecule has 9 heteroatoms. The van der Waals surface area contributed by atoms with Crippen molar-refractivity contribution in [2.75, 3.05) is 31.7 Å². The number of aromatic nitrogens is 3. The summed E-state index contributed by atoms with van der Waals surface area (Å²) in [4.78, 5) is 12.8. The SMILES string of the molecule is CP(C)(=O)c1cccc2c(-c3nc(N[C@@H]4CNC[C@H]4O)nc4ccsc34)c[nH]c12. The monoisotopic (exact) mass is 427 g/mol. The van der Waals surface area contributed by atoms with Crippen molar-refractivity contribution in [3.63, 3.8) is 0 Å². The topological polar surface area (TPSA) is 103 Å². The second-order valence-corrected chi connectivity index (χ2v) is 11.9. The van der Waals surface area contributed by atoms with Gasteiger partial charge in [-0.15, -0.1) is 11.3 Å². The quantitative estimate of drug-likeness (QED) is 0.374. The molecule has 1 aliphatic rings. The van der Waals surface area contributed by atoms with Crippen molar-refractivity contribution in [3.8, 4) is 11.3 Å². The summed E-state index contributed by atoms with van der Waals surface area (Å²) in [6.45, 7) is 4.80. The fourth-order valence-electron chi connectivity index (χ4n) is 3.87. The maximum absolute atomic E-state index is 12.7. The van der Waals surface area contributed by atoms with Crippen LogP contribution in [0, 0.1) is 0 Å². The number of aromatic amines is 1. The number of rotatable bonds is 4. The molecule has 7 nitrogen and oxygen atoms in total. The van der Waals surface area contributed by atoms with Crippen LogP contribution in [0.25, 0.3) is 32.4 Å². The van der Waals surface area contributed by atoms with E-state index < -0.39 is 13.2 Å². The summed E-state index contributed by atoms with van der Waals surface area (Å²) in [6, 6.07) is 7.75. The van der Waals surface area contributed by atoms with E-state index in [1.807, 2.05) is 35.8 Å². The summed E-state index contributed by atoms with van der Waals surface area (Å²) in [5.74, 6) is 0.501. The zero-order chi connectivity index (χ0) is 20.2. The van der Waals surface area contributed by atoms with Gasteiger partial charge in [-0.3, -0.25) is 0 Å². The van der Waals surface area contributed by atoms with Gasteiger partial charge in [0.15, 0.2) is 0 Å². The highest BCUT2D eigenvalue weighted by Crippen LogP contribution is 2.40. The van der Waals surface area contributed by atoms with Gasteiger partial charge in [0.2, 0.25) is 5.95 Å². The van der Waals surface area contributed by atoms with Gasteiger partial charge in [-0.1, -0.05) is 12.1 Å². The molecule has 0 saturated carbocycles. The number of hydrogen-bond donors (Lipinski definition) is 4. The van der Waals surface area contributed by atoms with Crippen LogP contribution in [0.15, 0.2) is 35.8 Å². The largest absolute Gasteiger partial charge is 0.390 e. The molecule has 1 fully saturated rings. The van der Waals surface area contributed by atoms with E-state index >= 15 is 0 Å². The van der Waals surface area contributed by atoms with Crippen LogP contribution in [0.2, 0.25) is 0 Å². The zero-order valence-corrected chi connectivity index (χ0v) is 17.8. The number of aliphatic hydroxyl groups is 1. The summed E-state index contributed by atoms with van der Waals surface area (Å²) >= 11 is 1.60. The molecule has 2 atom stereocenters. The van der Waals surface area contributed by atoms with Crippen LogP contribution in [-0.2, 0) is 4.57 Å². The van der Waals surface area contributed by atoms with Gasteiger partial charge in [-0.2, -0.15) is 0 Å². The van der Waals surface area contributed by atoms with E-state index in [4.69, 9.17) is 4.98 Å². The minimum absolute atomic E-state index is 0.125. The molecule has 0 aliphatic carbocycles. The van der Waals surface area contributed by atoms with Crippen LogP contribution in [-0.4, -0.2) is 58.6 Å². The molecule has 0 radical (unpaired) electrons. The Bertz CT molecular complexity index is 1260. The van der Waals surface area contributed by atoms with E-state index in [0.717, 1.165) is 37.7 Å². The van der Waals surface area contributed by atoms with Gasteiger partial charge in [-0.25, -0.2) is 9.97 Å². The molecular formula is C20H22N5O2PS. The van der Waals surface area contributed by atoms with Crippen molar-refractivity contribution in [1.82, 2.24) is 20.3 Å². The average molecular weight is 427 g/mol. The third-order valence-electron chi connectivity index (χ3n) is 5.33. The highest BCUT2D eigenvalue weighted by molar-refractivity contribution is 7.70. The molecular weight excluding hydrogens is 405 g/mol. The lowest BCUT2D eigenvalue weighted by Gasteiger charge is -2.16. The summed E-state index contributed by atoms with van der Waals surface area (Å²) in [7, 11) is -2.42. The summed E-state index contributed by atoms with van der Waals surface area (Å²) in [6.07, 6.45) is 1.46. The molecule has 29 heavy (non-hydrogen) atoms. The number of aliphatic hydroxyl groups excluding tert-OH is 1. The van der Waals surface area contributed by atoms with Crippen molar-refractivity contribution in [3.05, 3.63) is 35.8 Å². The molecule has 1 aromatic carbocycles. The van der Waals surface area contributed by atoms with Crippen LogP contribution >= 0.6 is 18.5 Å². The number of nitrogens with one attached hydrogen (secondary N) is 3. The lowest BCUT2D eigenvalue weighted by atomic mass is 10.1. The normalized spacial score (nSPS) is 20.0. The van der Waals surface area contributed by atoms with E-state index in [-0.39, 0.29) is 6.04 Å². The summed E-state index contributed by atoms with van der Waals surface area (Å²) in [5, 5.41) is 20.4. The Labute approximate surface area is 172 Å². The standard InChI is InChI=1S/C20H22N5O2PS/c1-28(2,27)16-5-3-4-11-12(8-22-17(11)16)18-19-13(6-7-29-19)23-20(25-18)24-14-9-21-10-15(14)26/h3-8,14-15,21-22,26H,9-10H2,1-2H3,(H,23,24,25)/t14-,15-/m1/s1. The minimum Gasteiger partial charge on any atom is -0.390 e. The number of hydrogen-bond acceptors (Lipinski definition) is 7. The van der Waals surface area contributed by atoms with Crippen molar-refractivity contribution in [2.45, 2.75) is 12.1 Å². The van der Waals surface area contributed by atoms with E-state index in [0.29, 0.717) is 19.0 Å². The number of β-amino-alcohol motifs (C(OH)–C–C–N with tert-alkyl or cyclic N) is 1. The molecule has 0 bridgehead atoms. The first-order chi connectivity index (χ1) is 13.9. The number of H-pyrrole nitrogens is 1. The molecule has 1 aliphatic heterocycles. The molecule has 4 aromatic rings. The number of anilines is 1. The molecule has 3 aromatic heterocycles. The van der Waals surface area contributed by atoms with Crippen molar-refractivity contribution in [1.29, 1.82) is 0 Å². The van der Waals surface area contributed by atoms with Crippen LogP contribution in [0.4, 0.5) is 5.95 Å². The maximum atomic E-state index is 12.7. The molecule has 0 spiro atoms. The number of thiophene rings is 1. The Kier molecular flexibility index (Phi) is 4.47. The number of nitrogens with zero attached hydrogens (tertiary/aromatic N) is 2. The Hall–Kier alpha value is -2.25. The van der Waals surface area contributed by atoms with Gasteiger partial charge < -0.3 is 25.3 Å². The molecule has 5 rings (SSSR count). The number of benzene rings is 1. The molecule has 0 unspecified atom stereocenters.